The molecule has 4 heteroatoms. The van der Waals surface area contributed by atoms with Crippen LogP contribution < -0.4 is 0 Å². The molecule has 0 unspecified atom stereocenters. The monoisotopic (exact) mass is 254 g/mol. The summed E-state index contributed by atoms with van der Waals surface area (Å²) in [6.45, 7) is -0.00431. The zero-order chi connectivity index (χ0) is 12.3. The maximum absolute atomic E-state index is 12.1. The second-order valence-electron chi connectivity index (χ2n) is 4.69. The maximum Gasteiger partial charge on any atom is 0.157 e. The number of aliphatic hydroxyl groups is 1. The molecule has 2 rings (SSSR count). The van der Waals surface area contributed by atoms with Gasteiger partial charge in [-0.15, -0.1) is 0 Å². The summed E-state index contributed by atoms with van der Waals surface area (Å²) in [7, 11) is -3.00. The van der Waals surface area contributed by atoms with E-state index in [1.807, 2.05) is 0 Å². The summed E-state index contributed by atoms with van der Waals surface area (Å²) in [6, 6.07) is 7.13. The lowest BCUT2D eigenvalue weighted by Gasteiger charge is -2.11. The van der Waals surface area contributed by atoms with Gasteiger partial charge in [0.05, 0.1) is 17.6 Å². The van der Waals surface area contributed by atoms with Gasteiger partial charge in [0.1, 0.15) is 0 Å². The van der Waals surface area contributed by atoms with Crippen LogP contribution in [-0.4, -0.2) is 18.8 Å². The second-order valence-corrected chi connectivity index (χ2v) is 6.97. The molecule has 17 heavy (non-hydrogen) atoms. The van der Waals surface area contributed by atoms with Crippen molar-refractivity contribution >= 4 is 9.84 Å². The van der Waals surface area contributed by atoms with E-state index in [0.717, 1.165) is 36.8 Å². The Kier molecular flexibility index (Phi) is 3.84. The number of hydrogen-bond donors (Lipinski definition) is 1. The molecule has 94 valence electrons. The van der Waals surface area contributed by atoms with Crippen LogP contribution in [0.3, 0.4) is 0 Å². The highest BCUT2D eigenvalue weighted by Gasteiger charge is 2.28. The molecule has 0 aliphatic heterocycles. The summed E-state index contributed by atoms with van der Waals surface area (Å²) in [5.74, 6) is 0.128. The molecular weight excluding hydrogens is 236 g/mol. The normalized spacial score (nSPS) is 17.5. The minimum absolute atomic E-state index is 0.00431. The van der Waals surface area contributed by atoms with E-state index in [4.69, 9.17) is 5.11 Å². The van der Waals surface area contributed by atoms with E-state index < -0.39 is 9.84 Å². The van der Waals surface area contributed by atoms with E-state index in [0.29, 0.717) is 0 Å². The molecule has 1 aliphatic carbocycles. The first kappa shape index (κ1) is 12.6. The molecule has 0 amide bonds. The second kappa shape index (κ2) is 5.19. The highest BCUT2D eigenvalue weighted by Crippen LogP contribution is 2.27. The predicted molar refractivity (Wildman–Crippen MR) is 67.2 cm³/mol. The predicted octanol–water partition coefficient (Wildman–Crippen LogP) is 2.04. The number of hydrogen-bond acceptors (Lipinski definition) is 3. The van der Waals surface area contributed by atoms with Gasteiger partial charge in [-0.25, -0.2) is 8.42 Å². The van der Waals surface area contributed by atoms with Gasteiger partial charge in [-0.2, -0.15) is 0 Å². The first-order valence-corrected chi connectivity index (χ1v) is 7.73. The molecule has 3 nitrogen and oxygen atoms in total. The Labute approximate surface area is 102 Å². The fourth-order valence-corrected chi connectivity index (χ4v) is 4.28. The first-order valence-electron chi connectivity index (χ1n) is 6.02. The lowest BCUT2D eigenvalue weighted by molar-refractivity contribution is 0.282. The zero-order valence-electron chi connectivity index (χ0n) is 9.80. The molecule has 0 heterocycles. The van der Waals surface area contributed by atoms with E-state index in [1.165, 1.54) is 0 Å². The molecule has 1 aromatic carbocycles. The lowest BCUT2D eigenvalue weighted by atomic mass is 10.2. The average Bonchev–Trinajstić information content (AvgIpc) is 2.84. The molecule has 1 saturated carbocycles. The lowest BCUT2D eigenvalue weighted by Crippen LogP contribution is -2.19. The van der Waals surface area contributed by atoms with Crippen LogP contribution in [0.25, 0.3) is 0 Å². The Hall–Kier alpha value is -0.870. The van der Waals surface area contributed by atoms with Gasteiger partial charge in [-0.05, 0) is 24.0 Å². The van der Waals surface area contributed by atoms with Crippen LogP contribution in [0.5, 0.6) is 0 Å². The van der Waals surface area contributed by atoms with Gasteiger partial charge in [0.2, 0.25) is 0 Å². The largest absolute Gasteiger partial charge is 0.392 e. The number of rotatable bonds is 4. The Morgan fingerprint density at radius 1 is 1.06 bits per heavy atom. The van der Waals surface area contributed by atoms with Gasteiger partial charge < -0.3 is 5.11 Å². The van der Waals surface area contributed by atoms with Gasteiger partial charge in [0, 0.05) is 0 Å². The fourth-order valence-electron chi connectivity index (χ4n) is 2.34. The van der Waals surface area contributed by atoms with Crippen molar-refractivity contribution in [2.45, 2.75) is 43.3 Å². The molecule has 0 aromatic heterocycles. The van der Waals surface area contributed by atoms with Crippen molar-refractivity contribution in [1.82, 2.24) is 0 Å². The van der Waals surface area contributed by atoms with Crippen LogP contribution in [-0.2, 0) is 22.2 Å². The third-order valence-corrected chi connectivity index (χ3v) is 5.61. The summed E-state index contributed by atoms with van der Waals surface area (Å²) in [5, 5.41) is 8.78. The molecule has 1 N–H and O–H groups in total. The van der Waals surface area contributed by atoms with Crippen molar-refractivity contribution < 1.29 is 13.5 Å². The van der Waals surface area contributed by atoms with Crippen molar-refractivity contribution in [2.24, 2.45) is 0 Å². The summed E-state index contributed by atoms with van der Waals surface area (Å²) < 4.78 is 24.2. The van der Waals surface area contributed by atoms with E-state index in [-0.39, 0.29) is 17.6 Å². The molecule has 0 spiro atoms. The van der Waals surface area contributed by atoms with Gasteiger partial charge in [0.15, 0.2) is 9.84 Å². The number of benzene rings is 1. The molecule has 1 aliphatic rings. The number of sulfone groups is 1. The van der Waals surface area contributed by atoms with Gasteiger partial charge in [0.25, 0.3) is 0 Å². The standard InChI is InChI=1S/C13H18O3S/c14-9-11-5-7-12(8-6-11)10-17(15,16)13-3-1-2-4-13/h5-8,13-14H,1-4,9-10H2. The van der Waals surface area contributed by atoms with E-state index >= 15 is 0 Å². The first-order chi connectivity index (χ1) is 8.12. The van der Waals surface area contributed by atoms with Crippen LogP contribution in [0.4, 0.5) is 0 Å². The van der Waals surface area contributed by atoms with E-state index in [2.05, 4.69) is 0 Å². The summed E-state index contributed by atoms with van der Waals surface area (Å²) >= 11 is 0. The minimum atomic E-state index is -3.00. The topological polar surface area (TPSA) is 54.4 Å². The minimum Gasteiger partial charge on any atom is -0.392 e. The van der Waals surface area contributed by atoms with E-state index in [9.17, 15) is 8.42 Å². The van der Waals surface area contributed by atoms with Crippen molar-refractivity contribution in [3.63, 3.8) is 0 Å². The Morgan fingerprint density at radius 2 is 1.59 bits per heavy atom. The quantitative estimate of drug-likeness (QED) is 0.894. The molecule has 0 saturated heterocycles. The molecule has 0 bridgehead atoms. The van der Waals surface area contributed by atoms with Crippen LogP contribution >= 0.6 is 0 Å². The highest BCUT2D eigenvalue weighted by molar-refractivity contribution is 7.91. The summed E-state index contributed by atoms with van der Waals surface area (Å²) in [4.78, 5) is 0. The third-order valence-electron chi connectivity index (χ3n) is 3.38. The van der Waals surface area contributed by atoms with Crippen molar-refractivity contribution in [1.29, 1.82) is 0 Å². The SMILES string of the molecule is O=S(=O)(Cc1ccc(CO)cc1)C1CCCC1. The Bertz CT molecular complexity index is 456. The van der Waals surface area contributed by atoms with Crippen LogP contribution in [0.1, 0.15) is 36.8 Å². The van der Waals surface area contributed by atoms with Crippen molar-refractivity contribution in [3.8, 4) is 0 Å². The summed E-state index contributed by atoms with van der Waals surface area (Å²) in [6.07, 6.45) is 3.70. The molecule has 1 aromatic rings. The Morgan fingerprint density at radius 3 is 2.12 bits per heavy atom. The van der Waals surface area contributed by atoms with Crippen molar-refractivity contribution in [3.05, 3.63) is 35.4 Å². The average molecular weight is 254 g/mol. The summed E-state index contributed by atoms with van der Waals surface area (Å²) in [5.41, 5.74) is 1.63. The van der Waals surface area contributed by atoms with Gasteiger partial charge in [-0.1, -0.05) is 37.1 Å². The fraction of sp³-hybridized carbons (Fsp3) is 0.538. The van der Waals surface area contributed by atoms with Gasteiger partial charge >= 0.3 is 0 Å². The molecule has 0 radical (unpaired) electrons. The van der Waals surface area contributed by atoms with Crippen molar-refractivity contribution in [2.75, 3.05) is 0 Å². The molecule has 0 atom stereocenters. The molecular formula is C13H18O3S. The molecule has 1 fully saturated rings. The van der Waals surface area contributed by atoms with Crippen LogP contribution in [0.2, 0.25) is 0 Å². The van der Waals surface area contributed by atoms with Crippen LogP contribution in [0.15, 0.2) is 24.3 Å². The maximum atomic E-state index is 12.1. The smallest absolute Gasteiger partial charge is 0.157 e. The van der Waals surface area contributed by atoms with Crippen LogP contribution in [0, 0.1) is 0 Å². The third kappa shape index (κ3) is 3.07. The Balaban J connectivity index is 2.08. The number of aliphatic hydroxyl groups excluding tert-OH is 1. The highest BCUT2D eigenvalue weighted by atomic mass is 32.2. The van der Waals surface area contributed by atoms with E-state index in [1.54, 1.807) is 24.3 Å². The zero-order valence-corrected chi connectivity index (χ0v) is 10.6. The van der Waals surface area contributed by atoms with Gasteiger partial charge in [-0.3, -0.25) is 0 Å².